The predicted molar refractivity (Wildman–Crippen MR) is 36.3 cm³/mol. The molecule has 0 amide bonds. The lowest BCUT2D eigenvalue weighted by Crippen LogP contribution is -2.34. The summed E-state index contributed by atoms with van der Waals surface area (Å²) in [6.07, 6.45) is 0. The van der Waals surface area contributed by atoms with Gasteiger partial charge in [0, 0.05) is 12.6 Å². The van der Waals surface area contributed by atoms with Gasteiger partial charge in [-0.3, -0.25) is 4.90 Å². The van der Waals surface area contributed by atoms with Gasteiger partial charge in [-0.2, -0.15) is 0 Å². The number of aliphatic hydroxyl groups excluding tert-OH is 2. The molecule has 0 saturated carbocycles. The normalized spacial score (nSPS) is 14.3. The van der Waals surface area contributed by atoms with E-state index < -0.39 is 0 Å². The number of hydrogen-bond acceptors (Lipinski definition) is 3. The predicted octanol–water partition coefficient (Wildman–Crippen LogP) is -0.709. The third-order valence-corrected chi connectivity index (χ3v) is 1.47. The van der Waals surface area contributed by atoms with Crippen LogP contribution >= 0.6 is 0 Å². The molecule has 0 aromatic heterocycles. The molecule has 0 bridgehead atoms. The molecule has 0 rings (SSSR count). The summed E-state index contributed by atoms with van der Waals surface area (Å²) in [5, 5.41) is 17.1. The number of rotatable bonds is 4. The summed E-state index contributed by atoms with van der Waals surface area (Å²) >= 11 is 0. The molecule has 56 valence electrons. The first kappa shape index (κ1) is 8.88. The Morgan fingerprint density at radius 1 is 1.44 bits per heavy atom. The number of nitrogens with zero attached hydrogens (tertiary/aromatic N) is 1. The van der Waals surface area contributed by atoms with Crippen LogP contribution in [0.2, 0.25) is 0 Å². The van der Waals surface area contributed by atoms with Crippen LogP contribution in [0.15, 0.2) is 0 Å². The minimum atomic E-state index is 0.149. The Kier molecular flexibility index (Phi) is 4.67. The molecule has 0 fully saturated rings. The van der Waals surface area contributed by atoms with Crippen molar-refractivity contribution in [2.24, 2.45) is 0 Å². The maximum Gasteiger partial charge on any atom is 0.0584 e. The zero-order valence-corrected chi connectivity index (χ0v) is 6.04. The highest BCUT2D eigenvalue weighted by Gasteiger charge is 2.04. The Labute approximate surface area is 55.9 Å². The van der Waals surface area contributed by atoms with Crippen LogP contribution in [0.1, 0.15) is 6.92 Å². The van der Waals surface area contributed by atoms with Crippen LogP contribution in [0.4, 0.5) is 0 Å². The van der Waals surface area contributed by atoms with Crippen LogP contribution in [0.25, 0.3) is 0 Å². The van der Waals surface area contributed by atoms with Gasteiger partial charge in [-0.25, -0.2) is 0 Å². The molecule has 2 N–H and O–H groups in total. The first-order valence-corrected chi connectivity index (χ1v) is 3.14. The lowest BCUT2D eigenvalue weighted by atomic mass is 10.3. The Morgan fingerprint density at radius 3 is 2.33 bits per heavy atom. The highest BCUT2D eigenvalue weighted by Crippen LogP contribution is 1.90. The zero-order chi connectivity index (χ0) is 7.28. The molecule has 0 saturated heterocycles. The van der Waals surface area contributed by atoms with Gasteiger partial charge in [0.25, 0.3) is 0 Å². The minimum Gasteiger partial charge on any atom is -0.395 e. The molecule has 3 nitrogen and oxygen atoms in total. The summed E-state index contributed by atoms with van der Waals surface area (Å²) in [4.78, 5) is 1.90. The fourth-order valence-electron chi connectivity index (χ4n) is 0.518. The van der Waals surface area contributed by atoms with E-state index in [9.17, 15) is 0 Å². The fourth-order valence-corrected chi connectivity index (χ4v) is 0.518. The van der Waals surface area contributed by atoms with Gasteiger partial charge in [-0.05, 0) is 14.0 Å². The quantitative estimate of drug-likeness (QED) is 0.532. The highest BCUT2D eigenvalue weighted by molar-refractivity contribution is 4.59. The Balaban J connectivity index is 3.32. The lowest BCUT2D eigenvalue weighted by Gasteiger charge is -2.20. The van der Waals surface area contributed by atoms with Gasteiger partial charge in [-0.15, -0.1) is 0 Å². The number of aliphatic hydroxyl groups is 2. The maximum atomic E-state index is 8.61. The Morgan fingerprint density at radius 2 is 2.00 bits per heavy atom. The van der Waals surface area contributed by atoms with Gasteiger partial charge in [-0.1, -0.05) is 0 Å². The molecule has 1 atom stereocenters. The second kappa shape index (κ2) is 4.73. The summed E-state index contributed by atoms with van der Waals surface area (Å²) in [5.41, 5.74) is 0. The molecule has 0 aliphatic carbocycles. The fraction of sp³-hybridized carbons (Fsp3) is 1.00. The lowest BCUT2D eigenvalue weighted by molar-refractivity contribution is 0.135. The maximum absolute atomic E-state index is 8.61. The summed E-state index contributed by atoms with van der Waals surface area (Å²) in [6, 6.07) is 0.150. The zero-order valence-electron chi connectivity index (χ0n) is 6.04. The molecule has 9 heavy (non-hydrogen) atoms. The first-order chi connectivity index (χ1) is 4.22. The van der Waals surface area contributed by atoms with Gasteiger partial charge in [0.1, 0.15) is 0 Å². The van der Waals surface area contributed by atoms with E-state index >= 15 is 0 Å². The SMILES string of the molecule is CC(CO)N(C)CCO. The van der Waals surface area contributed by atoms with Crippen LogP contribution in [0.5, 0.6) is 0 Å². The van der Waals surface area contributed by atoms with Crippen LogP contribution in [0, 0.1) is 0 Å². The Hall–Kier alpha value is -0.120. The van der Waals surface area contributed by atoms with E-state index in [0.717, 1.165) is 0 Å². The van der Waals surface area contributed by atoms with E-state index in [4.69, 9.17) is 10.2 Å². The molecule has 1 unspecified atom stereocenters. The Bertz CT molecular complexity index is 68.1. The van der Waals surface area contributed by atoms with E-state index in [0.29, 0.717) is 6.54 Å². The van der Waals surface area contributed by atoms with Gasteiger partial charge in [0.15, 0.2) is 0 Å². The van der Waals surface area contributed by atoms with Crippen molar-refractivity contribution in [3.05, 3.63) is 0 Å². The van der Waals surface area contributed by atoms with Crippen molar-refractivity contribution in [1.82, 2.24) is 4.90 Å². The monoisotopic (exact) mass is 133 g/mol. The number of hydrogen-bond donors (Lipinski definition) is 2. The van der Waals surface area contributed by atoms with E-state index in [-0.39, 0.29) is 19.3 Å². The van der Waals surface area contributed by atoms with Crippen molar-refractivity contribution >= 4 is 0 Å². The smallest absolute Gasteiger partial charge is 0.0584 e. The second-order valence-corrected chi connectivity index (χ2v) is 2.24. The summed E-state index contributed by atoms with van der Waals surface area (Å²) in [7, 11) is 1.87. The van der Waals surface area contributed by atoms with Gasteiger partial charge in [0.2, 0.25) is 0 Å². The van der Waals surface area contributed by atoms with E-state index in [1.165, 1.54) is 0 Å². The van der Waals surface area contributed by atoms with E-state index in [1.807, 2.05) is 18.9 Å². The van der Waals surface area contributed by atoms with Crippen molar-refractivity contribution in [1.29, 1.82) is 0 Å². The number of likely N-dealkylation sites (N-methyl/N-ethyl adjacent to an activating group) is 1. The standard InChI is InChI=1S/C6H15NO2/c1-6(5-9)7(2)3-4-8/h6,8-9H,3-5H2,1-2H3. The van der Waals surface area contributed by atoms with Crippen molar-refractivity contribution in [3.8, 4) is 0 Å². The topological polar surface area (TPSA) is 43.7 Å². The van der Waals surface area contributed by atoms with Crippen LogP contribution in [0.3, 0.4) is 0 Å². The van der Waals surface area contributed by atoms with Gasteiger partial charge < -0.3 is 10.2 Å². The molecule has 0 radical (unpaired) electrons. The van der Waals surface area contributed by atoms with Crippen molar-refractivity contribution in [2.45, 2.75) is 13.0 Å². The molecule has 0 aromatic rings. The average Bonchev–Trinajstić information content (AvgIpc) is 1.87. The third kappa shape index (κ3) is 3.46. The minimum absolute atomic E-state index is 0.149. The first-order valence-electron chi connectivity index (χ1n) is 3.14. The molecule has 0 aromatic carbocycles. The molecule has 0 aliphatic rings. The molecule has 0 spiro atoms. The van der Waals surface area contributed by atoms with Crippen LogP contribution < -0.4 is 0 Å². The van der Waals surface area contributed by atoms with Crippen molar-refractivity contribution in [3.63, 3.8) is 0 Å². The molecule has 3 heteroatoms. The molecule has 0 heterocycles. The second-order valence-electron chi connectivity index (χ2n) is 2.24. The molecular weight excluding hydrogens is 118 g/mol. The van der Waals surface area contributed by atoms with Crippen LogP contribution in [-0.4, -0.2) is 48.0 Å². The van der Waals surface area contributed by atoms with Crippen LogP contribution in [-0.2, 0) is 0 Å². The highest BCUT2D eigenvalue weighted by atomic mass is 16.3. The molecular formula is C6H15NO2. The summed E-state index contributed by atoms with van der Waals surface area (Å²) in [5.74, 6) is 0. The van der Waals surface area contributed by atoms with Crippen molar-refractivity contribution in [2.75, 3.05) is 26.8 Å². The molecule has 0 aliphatic heterocycles. The summed E-state index contributed by atoms with van der Waals surface area (Å²) < 4.78 is 0. The van der Waals surface area contributed by atoms with Gasteiger partial charge >= 0.3 is 0 Å². The third-order valence-electron chi connectivity index (χ3n) is 1.47. The van der Waals surface area contributed by atoms with E-state index in [1.54, 1.807) is 0 Å². The van der Waals surface area contributed by atoms with Crippen molar-refractivity contribution < 1.29 is 10.2 Å². The van der Waals surface area contributed by atoms with Gasteiger partial charge in [0.05, 0.1) is 13.2 Å². The average molecular weight is 133 g/mol. The largest absolute Gasteiger partial charge is 0.395 e. The summed E-state index contributed by atoms with van der Waals surface area (Å²) in [6.45, 7) is 2.84. The van der Waals surface area contributed by atoms with E-state index in [2.05, 4.69) is 0 Å².